The Balaban J connectivity index is 2.33. The SMILES string of the molecule is COCC(N)CN1CC(C)OCC1C. The van der Waals surface area contributed by atoms with Crippen LogP contribution >= 0.6 is 0 Å². The highest BCUT2D eigenvalue weighted by Crippen LogP contribution is 2.11. The van der Waals surface area contributed by atoms with E-state index in [0.29, 0.717) is 18.8 Å². The van der Waals surface area contributed by atoms with E-state index in [-0.39, 0.29) is 6.04 Å². The maximum atomic E-state index is 5.92. The highest BCUT2D eigenvalue weighted by atomic mass is 16.5. The van der Waals surface area contributed by atoms with Crippen LogP contribution in [-0.4, -0.2) is 56.5 Å². The van der Waals surface area contributed by atoms with Gasteiger partial charge >= 0.3 is 0 Å². The minimum absolute atomic E-state index is 0.104. The summed E-state index contributed by atoms with van der Waals surface area (Å²) in [6.07, 6.45) is 0.320. The van der Waals surface area contributed by atoms with Crippen LogP contribution in [0.1, 0.15) is 13.8 Å². The first-order chi connectivity index (χ1) is 6.63. The molecule has 0 spiro atoms. The number of ether oxygens (including phenoxy) is 2. The molecular weight excluding hydrogens is 180 g/mol. The predicted octanol–water partition coefficient (Wildman–Crippen LogP) is 0.0693. The van der Waals surface area contributed by atoms with Gasteiger partial charge in [-0.1, -0.05) is 0 Å². The summed E-state index contributed by atoms with van der Waals surface area (Å²) in [6, 6.07) is 0.571. The lowest BCUT2D eigenvalue weighted by Gasteiger charge is -2.37. The maximum absolute atomic E-state index is 5.92. The third-order valence-electron chi connectivity index (χ3n) is 2.59. The molecule has 0 aromatic carbocycles. The maximum Gasteiger partial charge on any atom is 0.0674 e. The zero-order valence-corrected chi connectivity index (χ0v) is 9.40. The molecule has 0 aliphatic carbocycles. The van der Waals surface area contributed by atoms with Gasteiger partial charge < -0.3 is 15.2 Å². The van der Waals surface area contributed by atoms with Crippen LogP contribution < -0.4 is 5.73 Å². The molecule has 84 valence electrons. The lowest BCUT2D eigenvalue weighted by molar-refractivity contribution is -0.0528. The molecule has 0 bridgehead atoms. The Kier molecular flexibility index (Phi) is 4.81. The summed E-state index contributed by atoms with van der Waals surface area (Å²) < 4.78 is 10.6. The summed E-state index contributed by atoms with van der Waals surface area (Å²) in [5.74, 6) is 0. The van der Waals surface area contributed by atoms with E-state index in [1.54, 1.807) is 7.11 Å². The second kappa shape index (κ2) is 5.66. The average molecular weight is 202 g/mol. The van der Waals surface area contributed by atoms with Gasteiger partial charge in [0, 0.05) is 32.3 Å². The normalized spacial score (nSPS) is 31.7. The number of morpholine rings is 1. The molecule has 1 rings (SSSR count). The van der Waals surface area contributed by atoms with Gasteiger partial charge in [0.05, 0.1) is 19.3 Å². The van der Waals surface area contributed by atoms with Gasteiger partial charge in [0.1, 0.15) is 0 Å². The third-order valence-corrected chi connectivity index (χ3v) is 2.59. The van der Waals surface area contributed by atoms with Gasteiger partial charge in [0.25, 0.3) is 0 Å². The van der Waals surface area contributed by atoms with Crippen molar-refractivity contribution >= 4 is 0 Å². The van der Waals surface area contributed by atoms with Crippen molar-refractivity contribution in [2.24, 2.45) is 5.73 Å². The molecule has 0 radical (unpaired) electrons. The smallest absolute Gasteiger partial charge is 0.0674 e. The predicted molar refractivity (Wildman–Crippen MR) is 56.3 cm³/mol. The number of rotatable bonds is 4. The first kappa shape index (κ1) is 11.9. The zero-order chi connectivity index (χ0) is 10.6. The van der Waals surface area contributed by atoms with Crippen LogP contribution in [0.4, 0.5) is 0 Å². The topological polar surface area (TPSA) is 47.7 Å². The van der Waals surface area contributed by atoms with Gasteiger partial charge in [-0.05, 0) is 13.8 Å². The van der Waals surface area contributed by atoms with Crippen molar-refractivity contribution in [2.75, 3.05) is 33.4 Å². The molecule has 0 amide bonds. The molecule has 0 aromatic heterocycles. The van der Waals surface area contributed by atoms with E-state index < -0.39 is 0 Å². The van der Waals surface area contributed by atoms with Crippen molar-refractivity contribution in [2.45, 2.75) is 32.0 Å². The van der Waals surface area contributed by atoms with Crippen molar-refractivity contribution in [1.29, 1.82) is 0 Å². The Morgan fingerprint density at radius 3 is 2.93 bits per heavy atom. The van der Waals surface area contributed by atoms with Crippen LogP contribution in [0.2, 0.25) is 0 Å². The molecule has 1 fully saturated rings. The summed E-state index contributed by atoms with van der Waals surface area (Å²) in [4.78, 5) is 2.37. The molecule has 2 N–H and O–H groups in total. The quantitative estimate of drug-likeness (QED) is 0.701. The van der Waals surface area contributed by atoms with E-state index >= 15 is 0 Å². The van der Waals surface area contributed by atoms with Crippen molar-refractivity contribution < 1.29 is 9.47 Å². The van der Waals surface area contributed by atoms with Crippen molar-refractivity contribution in [3.8, 4) is 0 Å². The molecule has 1 aliphatic rings. The Hall–Kier alpha value is -0.160. The molecule has 0 aromatic rings. The fourth-order valence-corrected chi connectivity index (χ4v) is 1.79. The summed E-state index contributed by atoms with van der Waals surface area (Å²) in [5, 5.41) is 0. The van der Waals surface area contributed by atoms with E-state index in [0.717, 1.165) is 19.7 Å². The molecule has 14 heavy (non-hydrogen) atoms. The summed E-state index contributed by atoms with van der Waals surface area (Å²) in [7, 11) is 1.69. The minimum atomic E-state index is 0.104. The summed E-state index contributed by atoms with van der Waals surface area (Å²) in [6.45, 7) is 7.56. The van der Waals surface area contributed by atoms with Crippen molar-refractivity contribution in [1.82, 2.24) is 4.90 Å². The molecule has 3 atom stereocenters. The summed E-state index contributed by atoms with van der Waals surface area (Å²) in [5.41, 5.74) is 5.92. The van der Waals surface area contributed by atoms with Gasteiger partial charge in [-0.15, -0.1) is 0 Å². The van der Waals surface area contributed by atoms with Gasteiger partial charge in [-0.2, -0.15) is 0 Å². The Morgan fingerprint density at radius 1 is 1.57 bits per heavy atom. The van der Waals surface area contributed by atoms with Crippen LogP contribution in [0.15, 0.2) is 0 Å². The molecule has 0 saturated carbocycles. The van der Waals surface area contributed by atoms with Gasteiger partial charge in [0.2, 0.25) is 0 Å². The van der Waals surface area contributed by atoms with E-state index in [1.807, 2.05) is 0 Å². The van der Waals surface area contributed by atoms with Crippen LogP contribution in [0.25, 0.3) is 0 Å². The standard InChI is InChI=1S/C10H22N2O2/c1-8-6-14-9(2)4-12(8)5-10(11)7-13-3/h8-10H,4-7,11H2,1-3H3. The molecule has 4 heteroatoms. The molecule has 4 nitrogen and oxygen atoms in total. The number of nitrogens with two attached hydrogens (primary N) is 1. The number of methoxy groups -OCH3 is 1. The molecule has 1 saturated heterocycles. The number of nitrogens with zero attached hydrogens (tertiary/aromatic N) is 1. The van der Waals surface area contributed by atoms with Crippen molar-refractivity contribution in [3.63, 3.8) is 0 Å². The second-order valence-electron chi connectivity index (χ2n) is 4.16. The lowest BCUT2D eigenvalue weighted by Crippen LogP contribution is -2.52. The highest BCUT2D eigenvalue weighted by Gasteiger charge is 2.24. The fourth-order valence-electron chi connectivity index (χ4n) is 1.79. The van der Waals surface area contributed by atoms with E-state index in [9.17, 15) is 0 Å². The van der Waals surface area contributed by atoms with Crippen LogP contribution in [0.3, 0.4) is 0 Å². The number of hydrogen-bond acceptors (Lipinski definition) is 4. The third kappa shape index (κ3) is 3.53. The second-order valence-corrected chi connectivity index (χ2v) is 4.16. The summed E-state index contributed by atoms with van der Waals surface area (Å²) >= 11 is 0. The largest absolute Gasteiger partial charge is 0.383 e. The Labute approximate surface area is 86.3 Å². The molecule has 3 unspecified atom stereocenters. The lowest BCUT2D eigenvalue weighted by atomic mass is 10.2. The average Bonchev–Trinajstić information content (AvgIpc) is 2.12. The van der Waals surface area contributed by atoms with E-state index in [4.69, 9.17) is 15.2 Å². The monoisotopic (exact) mass is 202 g/mol. The molecule has 1 heterocycles. The van der Waals surface area contributed by atoms with E-state index in [1.165, 1.54) is 0 Å². The molecular formula is C10H22N2O2. The first-order valence-corrected chi connectivity index (χ1v) is 5.23. The first-order valence-electron chi connectivity index (χ1n) is 5.23. The Morgan fingerprint density at radius 2 is 2.29 bits per heavy atom. The van der Waals surface area contributed by atoms with Crippen molar-refractivity contribution in [3.05, 3.63) is 0 Å². The van der Waals surface area contributed by atoms with Crippen LogP contribution in [0, 0.1) is 0 Å². The van der Waals surface area contributed by atoms with Crippen LogP contribution in [-0.2, 0) is 9.47 Å². The zero-order valence-electron chi connectivity index (χ0n) is 9.40. The van der Waals surface area contributed by atoms with Gasteiger partial charge in [0.15, 0.2) is 0 Å². The number of hydrogen-bond donors (Lipinski definition) is 1. The van der Waals surface area contributed by atoms with Crippen LogP contribution in [0.5, 0.6) is 0 Å². The fraction of sp³-hybridized carbons (Fsp3) is 1.00. The van der Waals surface area contributed by atoms with E-state index in [2.05, 4.69) is 18.7 Å². The highest BCUT2D eigenvalue weighted by molar-refractivity contribution is 4.78. The van der Waals surface area contributed by atoms with Gasteiger partial charge in [-0.25, -0.2) is 0 Å². The van der Waals surface area contributed by atoms with Gasteiger partial charge in [-0.3, -0.25) is 4.90 Å². The Bertz CT molecular complexity index is 166. The molecule has 1 aliphatic heterocycles. The minimum Gasteiger partial charge on any atom is -0.383 e.